The van der Waals surface area contributed by atoms with Crippen LogP contribution in [0.3, 0.4) is 0 Å². The van der Waals surface area contributed by atoms with Crippen molar-refractivity contribution in [1.29, 1.82) is 0 Å². The highest BCUT2D eigenvalue weighted by atomic mass is 16.2. The number of aromatic nitrogens is 3. The number of nitrogens with zero attached hydrogens (tertiary/aromatic N) is 5. The lowest BCUT2D eigenvalue weighted by molar-refractivity contribution is -0.135. The van der Waals surface area contributed by atoms with Gasteiger partial charge in [-0.1, -0.05) is 19.8 Å². The van der Waals surface area contributed by atoms with Gasteiger partial charge in [-0.05, 0) is 33.1 Å². The van der Waals surface area contributed by atoms with Gasteiger partial charge in [0, 0.05) is 32.2 Å². The largest absolute Gasteiger partial charge is 0.341 e. The van der Waals surface area contributed by atoms with Crippen molar-refractivity contribution in [3.63, 3.8) is 0 Å². The Morgan fingerprint density at radius 2 is 1.88 bits per heavy atom. The molecule has 1 aromatic heterocycles. The highest BCUT2D eigenvalue weighted by molar-refractivity contribution is 5.78. The van der Waals surface area contributed by atoms with Crippen LogP contribution in [0.4, 0.5) is 0 Å². The van der Waals surface area contributed by atoms with Crippen molar-refractivity contribution in [3.8, 4) is 0 Å². The first kappa shape index (κ1) is 17.4. The summed E-state index contributed by atoms with van der Waals surface area (Å²) in [6, 6.07) is 0.762. The van der Waals surface area contributed by atoms with Gasteiger partial charge in [-0.2, -0.15) is 5.10 Å². The van der Waals surface area contributed by atoms with E-state index in [4.69, 9.17) is 0 Å². The molecule has 3 rings (SSSR count). The van der Waals surface area contributed by atoms with Crippen LogP contribution in [0.1, 0.15) is 50.7 Å². The molecule has 2 fully saturated rings. The molecule has 0 spiro atoms. The third-order valence-corrected chi connectivity index (χ3v) is 5.51. The molecular weight excluding hydrogens is 302 g/mol. The van der Waals surface area contributed by atoms with E-state index in [1.54, 1.807) is 0 Å². The minimum absolute atomic E-state index is 0.0529. The predicted molar refractivity (Wildman–Crippen MR) is 93.7 cm³/mol. The van der Waals surface area contributed by atoms with Crippen LogP contribution in [-0.2, 0) is 11.3 Å². The highest BCUT2D eigenvalue weighted by Crippen LogP contribution is 2.24. The summed E-state index contributed by atoms with van der Waals surface area (Å²) in [7, 11) is 0. The van der Waals surface area contributed by atoms with Crippen LogP contribution < -0.4 is 0 Å². The zero-order valence-corrected chi connectivity index (χ0v) is 15.4. The van der Waals surface area contributed by atoms with Crippen LogP contribution in [0.2, 0.25) is 0 Å². The standard InChI is InChI=1S/C18H31N5O/c1-14(13-23-16(3)19-15(2)20-23)18(24)22-10-6-9-21(11-12-22)17-7-4-5-8-17/h14,17H,4-13H2,1-3H3/t14-/m1/s1. The molecule has 0 N–H and O–H groups in total. The second kappa shape index (κ2) is 7.64. The molecule has 1 saturated carbocycles. The quantitative estimate of drug-likeness (QED) is 0.846. The van der Waals surface area contributed by atoms with Gasteiger partial charge in [-0.3, -0.25) is 9.69 Å². The molecule has 6 nitrogen and oxygen atoms in total. The second-order valence-electron chi connectivity index (χ2n) is 7.44. The Bertz CT molecular complexity index is 564. The molecule has 1 saturated heterocycles. The van der Waals surface area contributed by atoms with Crippen LogP contribution in [0.15, 0.2) is 0 Å². The summed E-state index contributed by atoms with van der Waals surface area (Å²) < 4.78 is 1.86. The lowest BCUT2D eigenvalue weighted by atomic mass is 10.1. The molecule has 134 valence electrons. The van der Waals surface area contributed by atoms with E-state index < -0.39 is 0 Å². The monoisotopic (exact) mass is 333 g/mol. The maximum absolute atomic E-state index is 12.8. The third-order valence-electron chi connectivity index (χ3n) is 5.51. The fourth-order valence-corrected chi connectivity index (χ4v) is 4.18. The van der Waals surface area contributed by atoms with Crippen molar-refractivity contribution < 1.29 is 4.79 Å². The molecule has 6 heteroatoms. The Morgan fingerprint density at radius 3 is 2.54 bits per heavy atom. The maximum Gasteiger partial charge on any atom is 0.227 e. The number of carbonyl (C=O) groups is 1. The van der Waals surface area contributed by atoms with E-state index in [1.807, 2.05) is 25.5 Å². The first-order valence-electron chi connectivity index (χ1n) is 9.45. The van der Waals surface area contributed by atoms with E-state index in [0.29, 0.717) is 6.54 Å². The topological polar surface area (TPSA) is 54.3 Å². The number of amides is 1. The van der Waals surface area contributed by atoms with Crippen LogP contribution in [0.25, 0.3) is 0 Å². The first-order chi connectivity index (χ1) is 11.5. The summed E-state index contributed by atoms with van der Waals surface area (Å²) in [6.45, 7) is 10.4. The van der Waals surface area contributed by atoms with E-state index in [-0.39, 0.29) is 11.8 Å². The summed E-state index contributed by atoms with van der Waals surface area (Å²) >= 11 is 0. The summed E-state index contributed by atoms with van der Waals surface area (Å²) in [5.41, 5.74) is 0. The van der Waals surface area contributed by atoms with Gasteiger partial charge >= 0.3 is 0 Å². The average molecular weight is 333 g/mol. The predicted octanol–water partition coefficient (Wildman–Crippen LogP) is 2.01. The number of carbonyl (C=O) groups excluding carboxylic acids is 1. The Balaban J connectivity index is 1.55. The van der Waals surface area contributed by atoms with Crippen LogP contribution >= 0.6 is 0 Å². The van der Waals surface area contributed by atoms with E-state index in [2.05, 4.69) is 19.9 Å². The normalized spacial score (nSPS) is 21.9. The molecule has 1 aromatic rings. The lowest BCUT2D eigenvalue weighted by Crippen LogP contribution is -2.41. The van der Waals surface area contributed by atoms with E-state index in [0.717, 1.165) is 50.3 Å². The molecule has 1 aliphatic heterocycles. The Labute approximate surface area is 145 Å². The van der Waals surface area contributed by atoms with Crippen molar-refractivity contribution >= 4 is 5.91 Å². The number of hydrogen-bond acceptors (Lipinski definition) is 4. The third kappa shape index (κ3) is 3.97. The minimum atomic E-state index is -0.0529. The van der Waals surface area contributed by atoms with Gasteiger partial charge in [0.2, 0.25) is 5.91 Å². The van der Waals surface area contributed by atoms with Crippen LogP contribution in [0, 0.1) is 19.8 Å². The number of aryl methyl sites for hydroxylation is 2. The average Bonchev–Trinajstić information content (AvgIpc) is 3.11. The van der Waals surface area contributed by atoms with Gasteiger partial charge in [0.05, 0.1) is 12.5 Å². The van der Waals surface area contributed by atoms with E-state index in [9.17, 15) is 4.79 Å². The molecule has 0 unspecified atom stereocenters. The molecule has 0 radical (unpaired) electrons. The van der Waals surface area contributed by atoms with Crippen molar-refractivity contribution in [3.05, 3.63) is 11.6 Å². The van der Waals surface area contributed by atoms with Gasteiger partial charge in [0.25, 0.3) is 0 Å². The molecule has 1 atom stereocenters. The lowest BCUT2D eigenvalue weighted by Gasteiger charge is -2.28. The molecule has 1 amide bonds. The molecule has 0 bridgehead atoms. The van der Waals surface area contributed by atoms with Crippen LogP contribution in [0.5, 0.6) is 0 Å². The molecule has 24 heavy (non-hydrogen) atoms. The van der Waals surface area contributed by atoms with E-state index >= 15 is 0 Å². The molecule has 2 heterocycles. The second-order valence-corrected chi connectivity index (χ2v) is 7.44. The van der Waals surface area contributed by atoms with Gasteiger partial charge in [0.15, 0.2) is 0 Å². The summed E-state index contributed by atoms with van der Waals surface area (Å²) in [5.74, 6) is 1.86. The zero-order valence-electron chi connectivity index (χ0n) is 15.4. The molecule has 1 aliphatic carbocycles. The van der Waals surface area contributed by atoms with Gasteiger partial charge in [0.1, 0.15) is 11.6 Å². The smallest absolute Gasteiger partial charge is 0.227 e. The Kier molecular flexibility index (Phi) is 5.54. The van der Waals surface area contributed by atoms with Crippen molar-refractivity contribution in [2.75, 3.05) is 26.2 Å². The fraction of sp³-hybridized carbons (Fsp3) is 0.833. The summed E-state index contributed by atoms with van der Waals surface area (Å²) in [4.78, 5) is 21.9. The SMILES string of the molecule is Cc1nc(C)n(C[C@@H](C)C(=O)N2CCCN(C3CCCC3)CC2)n1. The first-order valence-corrected chi connectivity index (χ1v) is 9.45. The summed E-state index contributed by atoms with van der Waals surface area (Å²) in [6.07, 6.45) is 6.52. The highest BCUT2D eigenvalue weighted by Gasteiger charge is 2.28. The van der Waals surface area contributed by atoms with Gasteiger partial charge < -0.3 is 4.90 Å². The number of rotatable bonds is 4. The van der Waals surface area contributed by atoms with Crippen LogP contribution in [-0.4, -0.2) is 62.7 Å². The fourth-order valence-electron chi connectivity index (χ4n) is 4.18. The van der Waals surface area contributed by atoms with Crippen molar-refractivity contribution in [2.24, 2.45) is 5.92 Å². The molecular formula is C18H31N5O. The maximum atomic E-state index is 12.8. The molecule has 2 aliphatic rings. The van der Waals surface area contributed by atoms with Crippen molar-refractivity contribution in [1.82, 2.24) is 24.6 Å². The van der Waals surface area contributed by atoms with E-state index in [1.165, 1.54) is 25.7 Å². The summed E-state index contributed by atoms with van der Waals surface area (Å²) in [5, 5.41) is 4.39. The van der Waals surface area contributed by atoms with Gasteiger partial charge in [-0.15, -0.1) is 0 Å². The Morgan fingerprint density at radius 1 is 1.12 bits per heavy atom. The minimum Gasteiger partial charge on any atom is -0.341 e. The van der Waals surface area contributed by atoms with Gasteiger partial charge in [-0.25, -0.2) is 9.67 Å². The Hall–Kier alpha value is -1.43. The zero-order chi connectivity index (χ0) is 17.1. The molecule has 0 aromatic carbocycles. The number of hydrogen-bond donors (Lipinski definition) is 0. The van der Waals surface area contributed by atoms with Crippen molar-refractivity contribution in [2.45, 2.75) is 65.5 Å².